The third-order valence-corrected chi connectivity index (χ3v) is 4.73. The topological polar surface area (TPSA) is 64.3 Å². The average molecular weight is 304 g/mol. The number of ether oxygens (including phenoxy) is 1. The molecule has 0 aliphatic heterocycles. The average Bonchev–Trinajstić information content (AvgIpc) is 2.99. The molecule has 0 spiro atoms. The van der Waals surface area contributed by atoms with Crippen LogP contribution in [-0.2, 0) is 4.79 Å². The van der Waals surface area contributed by atoms with E-state index in [1.807, 2.05) is 18.2 Å². The molecule has 1 amide bonds. The quantitative estimate of drug-likeness (QED) is 0.814. The first-order valence-electron chi connectivity index (χ1n) is 8.36. The first-order chi connectivity index (χ1) is 10.7. The zero-order valence-corrected chi connectivity index (χ0v) is 13.7. The van der Waals surface area contributed by atoms with Crippen molar-refractivity contribution < 1.29 is 9.53 Å². The minimum atomic E-state index is -0.0516. The van der Waals surface area contributed by atoms with Crippen LogP contribution in [0.25, 0.3) is 0 Å². The Hall–Kier alpha value is -1.55. The number of para-hydroxylation sites is 1. The summed E-state index contributed by atoms with van der Waals surface area (Å²) in [5, 5.41) is 3.07. The van der Waals surface area contributed by atoms with Gasteiger partial charge in [-0.1, -0.05) is 38.5 Å². The number of carbonyl (C=O) groups is 1. The van der Waals surface area contributed by atoms with Gasteiger partial charge in [-0.25, -0.2) is 0 Å². The van der Waals surface area contributed by atoms with Crippen molar-refractivity contribution in [2.45, 2.75) is 51.5 Å². The van der Waals surface area contributed by atoms with Crippen molar-refractivity contribution in [1.29, 1.82) is 0 Å². The Morgan fingerprint density at radius 2 is 2.18 bits per heavy atom. The summed E-state index contributed by atoms with van der Waals surface area (Å²) in [5.74, 6) is 1.60. The Balaban J connectivity index is 1.89. The van der Waals surface area contributed by atoms with Crippen LogP contribution in [0, 0.1) is 5.92 Å². The molecule has 1 aliphatic rings. The number of carbonyl (C=O) groups excluding carboxylic acids is 1. The molecule has 4 heteroatoms. The largest absolute Gasteiger partial charge is 0.483 e. The third-order valence-electron chi connectivity index (χ3n) is 4.73. The van der Waals surface area contributed by atoms with E-state index in [0.717, 1.165) is 31.4 Å². The molecule has 0 radical (unpaired) electrons. The number of hydrogen-bond donors (Lipinski definition) is 2. The van der Waals surface area contributed by atoms with E-state index in [-0.39, 0.29) is 18.6 Å². The fourth-order valence-electron chi connectivity index (χ4n) is 3.14. The summed E-state index contributed by atoms with van der Waals surface area (Å²) in [6.07, 6.45) is 4.33. The molecule has 1 aliphatic carbocycles. The van der Waals surface area contributed by atoms with E-state index in [1.54, 1.807) is 0 Å². The summed E-state index contributed by atoms with van der Waals surface area (Å²) in [5.41, 5.74) is 6.92. The van der Waals surface area contributed by atoms with Crippen LogP contribution >= 0.6 is 0 Å². The summed E-state index contributed by atoms with van der Waals surface area (Å²) in [4.78, 5) is 12.1. The Morgan fingerprint density at radius 3 is 2.91 bits per heavy atom. The van der Waals surface area contributed by atoms with Crippen LogP contribution in [0.4, 0.5) is 0 Å². The SMILES string of the molecule is CCC(C)c1ccccc1OCC(=O)NC1CCCC1CN. The van der Waals surface area contributed by atoms with E-state index < -0.39 is 0 Å². The van der Waals surface area contributed by atoms with Gasteiger partial charge in [0.05, 0.1) is 0 Å². The smallest absolute Gasteiger partial charge is 0.258 e. The van der Waals surface area contributed by atoms with Gasteiger partial charge in [-0.05, 0) is 49.3 Å². The number of hydrogen-bond acceptors (Lipinski definition) is 3. The number of nitrogens with two attached hydrogens (primary N) is 1. The van der Waals surface area contributed by atoms with E-state index in [4.69, 9.17) is 10.5 Å². The number of benzene rings is 1. The third kappa shape index (κ3) is 4.23. The van der Waals surface area contributed by atoms with Crippen molar-refractivity contribution in [3.8, 4) is 5.75 Å². The molecule has 3 unspecified atom stereocenters. The molecule has 0 heterocycles. The second kappa shape index (κ2) is 8.18. The molecule has 1 aromatic carbocycles. The number of rotatable bonds is 7. The summed E-state index contributed by atoms with van der Waals surface area (Å²) in [6.45, 7) is 5.04. The highest BCUT2D eigenvalue weighted by Gasteiger charge is 2.27. The Bertz CT molecular complexity index is 490. The van der Waals surface area contributed by atoms with Crippen molar-refractivity contribution in [2.24, 2.45) is 11.7 Å². The van der Waals surface area contributed by atoms with Gasteiger partial charge in [0.1, 0.15) is 5.75 Å². The van der Waals surface area contributed by atoms with Crippen molar-refractivity contribution >= 4 is 5.91 Å². The van der Waals surface area contributed by atoms with Gasteiger partial charge in [0.2, 0.25) is 0 Å². The zero-order valence-electron chi connectivity index (χ0n) is 13.7. The minimum absolute atomic E-state index is 0.0516. The fourth-order valence-corrected chi connectivity index (χ4v) is 3.14. The standard InChI is InChI=1S/C18H28N2O2/c1-3-13(2)15-8-4-5-10-17(15)22-12-18(21)20-16-9-6-7-14(16)11-19/h4-5,8,10,13-14,16H,3,6-7,9,11-12,19H2,1-2H3,(H,20,21). The molecule has 1 aromatic rings. The molecule has 3 atom stereocenters. The molecule has 22 heavy (non-hydrogen) atoms. The highest BCUT2D eigenvalue weighted by Crippen LogP contribution is 2.28. The summed E-state index contributed by atoms with van der Waals surface area (Å²) < 4.78 is 5.76. The maximum atomic E-state index is 12.1. The lowest BCUT2D eigenvalue weighted by atomic mass is 9.98. The van der Waals surface area contributed by atoms with E-state index in [1.165, 1.54) is 5.56 Å². The van der Waals surface area contributed by atoms with Gasteiger partial charge in [0.15, 0.2) is 6.61 Å². The second-order valence-electron chi connectivity index (χ2n) is 6.24. The highest BCUT2D eigenvalue weighted by molar-refractivity contribution is 5.78. The summed E-state index contributed by atoms with van der Waals surface area (Å²) >= 11 is 0. The predicted molar refractivity (Wildman–Crippen MR) is 89.0 cm³/mol. The van der Waals surface area contributed by atoms with Crippen molar-refractivity contribution in [3.05, 3.63) is 29.8 Å². The fraction of sp³-hybridized carbons (Fsp3) is 0.611. The van der Waals surface area contributed by atoms with Gasteiger partial charge >= 0.3 is 0 Å². The predicted octanol–water partition coefficient (Wildman–Crippen LogP) is 2.82. The van der Waals surface area contributed by atoms with Gasteiger partial charge in [0.25, 0.3) is 5.91 Å². The van der Waals surface area contributed by atoms with Crippen LogP contribution in [0.15, 0.2) is 24.3 Å². The normalized spacial score (nSPS) is 22.3. The van der Waals surface area contributed by atoms with E-state index in [9.17, 15) is 4.79 Å². The van der Waals surface area contributed by atoms with Gasteiger partial charge < -0.3 is 15.8 Å². The zero-order chi connectivity index (χ0) is 15.9. The first kappa shape index (κ1) is 16.8. The minimum Gasteiger partial charge on any atom is -0.483 e. The highest BCUT2D eigenvalue weighted by atomic mass is 16.5. The van der Waals surface area contributed by atoms with Gasteiger partial charge in [0, 0.05) is 6.04 Å². The van der Waals surface area contributed by atoms with Crippen LogP contribution in [0.2, 0.25) is 0 Å². The van der Waals surface area contributed by atoms with Crippen LogP contribution in [-0.4, -0.2) is 25.1 Å². The molecule has 1 saturated carbocycles. The molecule has 0 bridgehead atoms. The number of amides is 1. The molecular weight excluding hydrogens is 276 g/mol. The maximum Gasteiger partial charge on any atom is 0.258 e. The molecule has 2 rings (SSSR count). The molecule has 0 saturated heterocycles. The first-order valence-corrected chi connectivity index (χ1v) is 8.36. The lowest BCUT2D eigenvalue weighted by molar-refractivity contribution is -0.124. The van der Waals surface area contributed by atoms with Gasteiger partial charge in [-0.2, -0.15) is 0 Å². The monoisotopic (exact) mass is 304 g/mol. The van der Waals surface area contributed by atoms with Gasteiger partial charge in [-0.15, -0.1) is 0 Å². The van der Waals surface area contributed by atoms with Crippen LogP contribution in [0.1, 0.15) is 51.0 Å². The molecule has 0 aromatic heterocycles. The number of nitrogens with one attached hydrogen (secondary N) is 1. The second-order valence-corrected chi connectivity index (χ2v) is 6.24. The van der Waals surface area contributed by atoms with Gasteiger partial charge in [-0.3, -0.25) is 4.79 Å². The summed E-state index contributed by atoms with van der Waals surface area (Å²) in [6, 6.07) is 8.18. The lowest BCUT2D eigenvalue weighted by Crippen LogP contribution is -2.42. The molecule has 1 fully saturated rings. The van der Waals surface area contributed by atoms with E-state index >= 15 is 0 Å². The lowest BCUT2D eigenvalue weighted by Gasteiger charge is -2.20. The maximum absolute atomic E-state index is 12.1. The van der Waals surface area contributed by atoms with Crippen molar-refractivity contribution in [1.82, 2.24) is 5.32 Å². The summed E-state index contributed by atoms with van der Waals surface area (Å²) in [7, 11) is 0. The van der Waals surface area contributed by atoms with Crippen LogP contribution in [0.5, 0.6) is 5.75 Å². The van der Waals surface area contributed by atoms with Crippen molar-refractivity contribution in [2.75, 3.05) is 13.2 Å². The van der Waals surface area contributed by atoms with Crippen LogP contribution in [0.3, 0.4) is 0 Å². The van der Waals surface area contributed by atoms with Crippen LogP contribution < -0.4 is 15.8 Å². The Kier molecular flexibility index (Phi) is 6.25. The van der Waals surface area contributed by atoms with E-state index in [0.29, 0.717) is 18.4 Å². The Labute approximate surface area is 133 Å². The van der Waals surface area contributed by atoms with E-state index in [2.05, 4.69) is 25.2 Å². The molecule has 122 valence electrons. The Morgan fingerprint density at radius 1 is 1.41 bits per heavy atom. The molecule has 4 nitrogen and oxygen atoms in total. The molecular formula is C18H28N2O2. The molecule has 3 N–H and O–H groups in total. The van der Waals surface area contributed by atoms with Crippen molar-refractivity contribution in [3.63, 3.8) is 0 Å².